The number of rotatable bonds is 3. The lowest BCUT2D eigenvalue weighted by Gasteiger charge is -2.31. The molecule has 0 saturated carbocycles. The quantitative estimate of drug-likeness (QED) is 0.225. The van der Waals surface area contributed by atoms with Crippen LogP contribution in [0.25, 0.3) is 60.6 Å². The minimum Gasteiger partial charge on any atom is -0.309 e. The van der Waals surface area contributed by atoms with Crippen molar-refractivity contribution in [2.75, 3.05) is 4.90 Å². The third-order valence-corrected chi connectivity index (χ3v) is 8.31. The number of aromatic nitrogens is 4. The number of anilines is 3. The Hall–Kier alpha value is -5.81. The zero-order valence-electron chi connectivity index (χ0n) is 22.5. The van der Waals surface area contributed by atoms with Gasteiger partial charge >= 0.3 is 0 Å². The van der Waals surface area contributed by atoms with Gasteiger partial charge in [-0.25, -0.2) is 9.97 Å². The largest absolute Gasteiger partial charge is 0.309 e. The van der Waals surface area contributed by atoms with E-state index in [-0.39, 0.29) is 0 Å². The van der Waals surface area contributed by atoms with Crippen molar-refractivity contribution in [3.63, 3.8) is 0 Å². The standard InChI is InChI=1S/C37H23N5/c1-2-8-26(9-3-1)42-35-18-19-39-32-21-25(20-30(36(32)35)31-22-38-23-40-37(31)42)24-14-16-27(17-15-24)41-33-12-6-4-10-28(33)29-11-5-7-13-34(29)41/h1-23H. The third-order valence-electron chi connectivity index (χ3n) is 8.31. The van der Waals surface area contributed by atoms with Crippen molar-refractivity contribution in [2.45, 2.75) is 0 Å². The van der Waals surface area contributed by atoms with E-state index in [1.165, 1.54) is 21.8 Å². The van der Waals surface area contributed by atoms with E-state index in [0.29, 0.717) is 0 Å². The molecule has 0 radical (unpaired) electrons. The van der Waals surface area contributed by atoms with Gasteiger partial charge in [0.2, 0.25) is 0 Å². The fourth-order valence-corrected chi connectivity index (χ4v) is 6.48. The first-order valence-corrected chi connectivity index (χ1v) is 14.0. The average molecular weight is 538 g/mol. The highest BCUT2D eigenvalue weighted by Crippen LogP contribution is 2.50. The maximum atomic E-state index is 4.83. The molecular formula is C37H23N5. The van der Waals surface area contributed by atoms with Crippen LogP contribution in [0.1, 0.15) is 0 Å². The minimum absolute atomic E-state index is 0.870. The van der Waals surface area contributed by atoms with E-state index in [0.717, 1.165) is 56.0 Å². The van der Waals surface area contributed by atoms with Crippen LogP contribution in [0.15, 0.2) is 140 Å². The van der Waals surface area contributed by atoms with Gasteiger partial charge in [0, 0.05) is 45.5 Å². The van der Waals surface area contributed by atoms with Crippen LogP contribution in [0.5, 0.6) is 0 Å². The molecule has 0 spiro atoms. The molecule has 1 aliphatic heterocycles. The maximum Gasteiger partial charge on any atom is 0.148 e. The van der Waals surface area contributed by atoms with Gasteiger partial charge in [-0.1, -0.05) is 66.7 Å². The number of pyridine rings is 1. The van der Waals surface area contributed by atoms with Gasteiger partial charge in [-0.05, 0) is 71.3 Å². The van der Waals surface area contributed by atoms with Gasteiger partial charge in [0.25, 0.3) is 0 Å². The first-order valence-electron chi connectivity index (χ1n) is 14.0. The minimum atomic E-state index is 0.870. The maximum absolute atomic E-state index is 4.83. The lowest BCUT2D eigenvalue weighted by molar-refractivity contribution is 1.11. The average Bonchev–Trinajstić information content (AvgIpc) is 3.40. The van der Waals surface area contributed by atoms with Crippen molar-refractivity contribution in [3.05, 3.63) is 140 Å². The van der Waals surface area contributed by atoms with E-state index < -0.39 is 0 Å². The molecule has 0 saturated heterocycles. The van der Waals surface area contributed by atoms with E-state index >= 15 is 0 Å². The zero-order valence-corrected chi connectivity index (χ0v) is 22.5. The molecule has 0 N–H and O–H groups in total. The molecular weight excluding hydrogens is 514 g/mol. The molecule has 0 aliphatic carbocycles. The molecule has 0 unspecified atom stereocenters. The van der Waals surface area contributed by atoms with E-state index in [1.807, 2.05) is 18.5 Å². The molecule has 4 heterocycles. The Morgan fingerprint density at radius 1 is 0.548 bits per heavy atom. The summed E-state index contributed by atoms with van der Waals surface area (Å²) in [6.07, 6.45) is 5.42. The second-order valence-corrected chi connectivity index (χ2v) is 10.6. The van der Waals surface area contributed by atoms with Crippen LogP contribution in [0.2, 0.25) is 0 Å². The van der Waals surface area contributed by atoms with Crippen molar-refractivity contribution in [1.82, 2.24) is 19.5 Å². The molecule has 5 heteroatoms. The summed E-state index contributed by atoms with van der Waals surface area (Å²) < 4.78 is 2.35. The van der Waals surface area contributed by atoms with Gasteiger partial charge in [-0.15, -0.1) is 0 Å². The molecule has 1 aliphatic rings. The fourth-order valence-electron chi connectivity index (χ4n) is 6.48. The summed E-state index contributed by atoms with van der Waals surface area (Å²) >= 11 is 0. The van der Waals surface area contributed by atoms with Crippen molar-refractivity contribution in [3.8, 4) is 27.9 Å². The summed E-state index contributed by atoms with van der Waals surface area (Å²) in [5.74, 6) is 0.870. The van der Waals surface area contributed by atoms with Crippen molar-refractivity contribution in [1.29, 1.82) is 0 Å². The van der Waals surface area contributed by atoms with Crippen molar-refractivity contribution < 1.29 is 0 Å². The van der Waals surface area contributed by atoms with Crippen LogP contribution in [-0.2, 0) is 0 Å². The molecule has 5 aromatic carbocycles. The molecule has 3 aromatic heterocycles. The van der Waals surface area contributed by atoms with Gasteiger partial charge in [0.05, 0.1) is 22.2 Å². The fraction of sp³-hybridized carbons (Fsp3) is 0. The summed E-state index contributed by atoms with van der Waals surface area (Å²) in [4.78, 5) is 16.2. The summed E-state index contributed by atoms with van der Waals surface area (Å²) in [6.45, 7) is 0. The summed E-state index contributed by atoms with van der Waals surface area (Å²) in [5.41, 5.74) is 11.0. The second kappa shape index (κ2) is 8.85. The Kier molecular flexibility index (Phi) is 4.83. The zero-order chi connectivity index (χ0) is 27.6. The molecule has 0 bridgehead atoms. The smallest absolute Gasteiger partial charge is 0.148 e. The summed E-state index contributed by atoms with van der Waals surface area (Å²) in [5, 5.41) is 3.63. The number of hydrogen-bond donors (Lipinski definition) is 0. The van der Waals surface area contributed by atoms with Crippen LogP contribution in [0.3, 0.4) is 0 Å². The van der Waals surface area contributed by atoms with E-state index in [9.17, 15) is 0 Å². The Bertz CT molecular complexity index is 2250. The van der Waals surface area contributed by atoms with Crippen molar-refractivity contribution in [2.24, 2.45) is 0 Å². The van der Waals surface area contributed by atoms with Gasteiger partial charge in [0.1, 0.15) is 12.1 Å². The number of hydrogen-bond acceptors (Lipinski definition) is 4. The number of nitrogens with zero attached hydrogens (tertiary/aromatic N) is 5. The summed E-state index contributed by atoms with van der Waals surface area (Å²) in [7, 11) is 0. The highest BCUT2D eigenvalue weighted by molar-refractivity contribution is 6.13. The Labute approximate surface area is 242 Å². The van der Waals surface area contributed by atoms with Crippen LogP contribution < -0.4 is 4.90 Å². The topological polar surface area (TPSA) is 46.8 Å². The van der Waals surface area contributed by atoms with Gasteiger partial charge in [0.15, 0.2) is 0 Å². The molecule has 9 rings (SSSR count). The van der Waals surface area contributed by atoms with Crippen LogP contribution in [0.4, 0.5) is 17.2 Å². The number of para-hydroxylation sites is 3. The molecule has 196 valence electrons. The predicted molar refractivity (Wildman–Crippen MR) is 171 cm³/mol. The van der Waals surface area contributed by atoms with E-state index in [1.54, 1.807) is 6.33 Å². The van der Waals surface area contributed by atoms with Gasteiger partial charge in [-0.2, -0.15) is 0 Å². The first kappa shape index (κ1) is 22.9. The SMILES string of the molecule is c1ccc(N2c3ncncc3-c3cc(-c4ccc(-n5c6ccccc6c6ccccc65)cc4)cc4nccc2c34)cc1. The van der Waals surface area contributed by atoms with Gasteiger partial charge in [-0.3, -0.25) is 9.88 Å². The molecule has 5 nitrogen and oxygen atoms in total. The Balaban J connectivity index is 1.21. The predicted octanol–water partition coefficient (Wildman–Crippen LogP) is 9.24. The van der Waals surface area contributed by atoms with E-state index in [2.05, 4.69) is 130 Å². The highest BCUT2D eigenvalue weighted by atomic mass is 15.2. The first-order chi connectivity index (χ1) is 20.8. The monoisotopic (exact) mass is 537 g/mol. The van der Waals surface area contributed by atoms with Crippen LogP contribution in [-0.4, -0.2) is 19.5 Å². The van der Waals surface area contributed by atoms with Crippen LogP contribution in [0, 0.1) is 0 Å². The van der Waals surface area contributed by atoms with E-state index in [4.69, 9.17) is 9.97 Å². The van der Waals surface area contributed by atoms with Gasteiger partial charge < -0.3 is 4.57 Å². The Morgan fingerprint density at radius 3 is 2.02 bits per heavy atom. The third kappa shape index (κ3) is 3.28. The number of benzene rings is 5. The lowest BCUT2D eigenvalue weighted by Crippen LogP contribution is -2.17. The molecule has 8 aromatic rings. The molecule has 0 fully saturated rings. The highest BCUT2D eigenvalue weighted by Gasteiger charge is 2.28. The second-order valence-electron chi connectivity index (χ2n) is 10.6. The summed E-state index contributed by atoms with van der Waals surface area (Å²) in [6, 6.07) is 42.9. The molecule has 42 heavy (non-hydrogen) atoms. The lowest BCUT2D eigenvalue weighted by atomic mass is 9.92. The van der Waals surface area contributed by atoms with Crippen molar-refractivity contribution >= 4 is 49.9 Å². The number of fused-ring (bicyclic) bond motifs is 5. The molecule has 0 amide bonds. The normalized spacial score (nSPS) is 12.2. The Morgan fingerprint density at radius 2 is 1.26 bits per heavy atom. The molecule has 0 atom stereocenters. The van der Waals surface area contributed by atoms with Crippen LogP contribution >= 0.6 is 0 Å².